The summed E-state index contributed by atoms with van der Waals surface area (Å²) < 4.78 is 0. The molecule has 6 nitrogen and oxygen atoms in total. The van der Waals surface area contributed by atoms with E-state index in [1.807, 2.05) is 19.9 Å². The molecule has 0 saturated carbocycles. The number of likely N-dealkylation sites (tertiary alicyclic amines) is 1. The van der Waals surface area contributed by atoms with Gasteiger partial charge in [-0.25, -0.2) is 0 Å². The van der Waals surface area contributed by atoms with Crippen LogP contribution < -0.4 is 5.32 Å². The van der Waals surface area contributed by atoms with E-state index in [0.717, 1.165) is 6.42 Å². The van der Waals surface area contributed by atoms with Crippen LogP contribution in [-0.4, -0.2) is 46.9 Å². The molecule has 0 bridgehead atoms. The van der Waals surface area contributed by atoms with Crippen LogP contribution >= 0.6 is 0 Å². The molecular formula is C18H24N2O4. The number of hydrogen-bond acceptors (Lipinski definition) is 3. The largest absolute Gasteiger partial charge is 0.481 e. The first-order valence-electron chi connectivity index (χ1n) is 8.31. The summed E-state index contributed by atoms with van der Waals surface area (Å²) in [6.07, 6.45) is 1.20. The van der Waals surface area contributed by atoms with E-state index < -0.39 is 17.9 Å². The van der Waals surface area contributed by atoms with Crippen molar-refractivity contribution >= 4 is 17.8 Å². The predicted molar refractivity (Wildman–Crippen MR) is 89.5 cm³/mol. The Balaban J connectivity index is 2.09. The summed E-state index contributed by atoms with van der Waals surface area (Å²) in [6, 6.07) is 8.12. The minimum atomic E-state index is -0.876. The summed E-state index contributed by atoms with van der Waals surface area (Å²) >= 11 is 0. The lowest BCUT2D eigenvalue weighted by molar-refractivity contribution is -0.141. The van der Waals surface area contributed by atoms with Crippen molar-refractivity contribution in [1.29, 1.82) is 0 Å². The first kappa shape index (κ1) is 18.0. The molecule has 2 rings (SSSR count). The van der Waals surface area contributed by atoms with E-state index >= 15 is 0 Å². The normalized spacial score (nSPS) is 19.6. The summed E-state index contributed by atoms with van der Waals surface area (Å²) in [6.45, 7) is 4.51. The number of carboxylic acids is 1. The average Bonchev–Trinajstić information content (AvgIpc) is 3.09. The van der Waals surface area contributed by atoms with Crippen LogP contribution in [0.25, 0.3) is 0 Å². The molecule has 0 radical (unpaired) electrons. The van der Waals surface area contributed by atoms with Gasteiger partial charge in [0.2, 0.25) is 5.91 Å². The Morgan fingerprint density at radius 2 is 1.96 bits per heavy atom. The van der Waals surface area contributed by atoms with Gasteiger partial charge in [-0.1, -0.05) is 38.5 Å². The van der Waals surface area contributed by atoms with Crippen molar-refractivity contribution in [1.82, 2.24) is 10.2 Å². The molecule has 1 aliphatic rings. The standard InChI is InChI=1S/C18H24N2O4/c1-3-12(2)15(19-16(21)13-7-5-4-6-8-13)17(22)20-10-9-14(11-20)18(23)24/h4-8,12,14-15H,3,9-11H2,1-2H3,(H,19,21)(H,23,24). The summed E-state index contributed by atoms with van der Waals surface area (Å²) in [7, 11) is 0. The highest BCUT2D eigenvalue weighted by Crippen LogP contribution is 2.20. The summed E-state index contributed by atoms with van der Waals surface area (Å²) in [5.41, 5.74) is 0.503. The molecule has 1 aromatic carbocycles. The lowest BCUT2D eigenvalue weighted by Crippen LogP contribution is -2.51. The van der Waals surface area contributed by atoms with E-state index in [9.17, 15) is 14.4 Å². The predicted octanol–water partition coefficient (Wildman–Crippen LogP) is 1.76. The number of nitrogens with one attached hydrogen (secondary N) is 1. The van der Waals surface area contributed by atoms with Crippen molar-refractivity contribution in [3.63, 3.8) is 0 Å². The molecule has 1 heterocycles. The van der Waals surface area contributed by atoms with Crippen molar-refractivity contribution in [2.24, 2.45) is 11.8 Å². The number of hydrogen-bond donors (Lipinski definition) is 2. The molecule has 24 heavy (non-hydrogen) atoms. The summed E-state index contributed by atoms with van der Waals surface area (Å²) in [5, 5.41) is 11.9. The fraction of sp³-hybridized carbons (Fsp3) is 0.500. The van der Waals surface area contributed by atoms with E-state index in [4.69, 9.17) is 5.11 Å². The number of amides is 2. The van der Waals surface area contributed by atoms with Gasteiger partial charge in [0.1, 0.15) is 6.04 Å². The van der Waals surface area contributed by atoms with Crippen molar-refractivity contribution in [2.75, 3.05) is 13.1 Å². The smallest absolute Gasteiger partial charge is 0.308 e. The van der Waals surface area contributed by atoms with Gasteiger partial charge < -0.3 is 15.3 Å². The van der Waals surface area contributed by atoms with E-state index in [1.165, 1.54) is 0 Å². The van der Waals surface area contributed by atoms with Crippen molar-refractivity contribution in [3.8, 4) is 0 Å². The van der Waals surface area contributed by atoms with Crippen LogP contribution in [0.3, 0.4) is 0 Å². The maximum atomic E-state index is 12.8. The van der Waals surface area contributed by atoms with Gasteiger partial charge in [0, 0.05) is 18.7 Å². The molecule has 3 atom stereocenters. The molecule has 0 aromatic heterocycles. The molecule has 2 amide bonds. The van der Waals surface area contributed by atoms with Crippen molar-refractivity contribution < 1.29 is 19.5 Å². The highest BCUT2D eigenvalue weighted by atomic mass is 16.4. The quantitative estimate of drug-likeness (QED) is 0.831. The Hall–Kier alpha value is -2.37. The van der Waals surface area contributed by atoms with E-state index in [2.05, 4.69) is 5.32 Å². The molecule has 130 valence electrons. The topological polar surface area (TPSA) is 86.7 Å². The van der Waals surface area contributed by atoms with Gasteiger partial charge in [0.15, 0.2) is 0 Å². The van der Waals surface area contributed by atoms with E-state index in [1.54, 1.807) is 29.2 Å². The van der Waals surface area contributed by atoms with Crippen LogP contribution in [0.2, 0.25) is 0 Å². The summed E-state index contributed by atoms with van der Waals surface area (Å²) in [4.78, 5) is 37.8. The minimum absolute atomic E-state index is 0.0333. The van der Waals surface area contributed by atoms with E-state index in [0.29, 0.717) is 18.5 Å². The van der Waals surface area contributed by atoms with Gasteiger partial charge in [0.25, 0.3) is 5.91 Å². The molecule has 0 aliphatic carbocycles. The molecule has 1 saturated heterocycles. The first-order chi connectivity index (χ1) is 11.4. The third-order valence-corrected chi connectivity index (χ3v) is 4.65. The zero-order chi connectivity index (χ0) is 17.7. The SMILES string of the molecule is CCC(C)C(NC(=O)c1ccccc1)C(=O)N1CCC(C(=O)O)C1. The third-order valence-electron chi connectivity index (χ3n) is 4.65. The van der Waals surface area contributed by atoms with Crippen LogP contribution in [0.15, 0.2) is 30.3 Å². The number of carbonyl (C=O) groups excluding carboxylic acids is 2. The van der Waals surface area contributed by atoms with Crippen LogP contribution in [0.5, 0.6) is 0 Å². The zero-order valence-electron chi connectivity index (χ0n) is 14.1. The number of rotatable bonds is 6. The Labute approximate surface area is 141 Å². The average molecular weight is 332 g/mol. The van der Waals surface area contributed by atoms with Gasteiger partial charge in [0.05, 0.1) is 5.92 Å². The number of nitrogens with zero attached hydrogens (tertiary/aromatic N) is 1. The molecule has 1 aromatic rings. The Morgan fingerprint density at radius 1 is 1.29 bits per heavy atom. The molecule has 6 heteroatoms. The monoisotopic (exact) mass is 332 g/mol. The molecule has 3 unspecified atom stereocenters. The summed E-state index contributed by atoms with van der Waals surface area (Å²) in [5.74, 6) is -1.91. The lowest BCUT2D eigenvalue weighted by atomic mass is 9.97. The van der Waals surface area contributed by atoms with Crippen molar-refractivity contribution in [3.05, 3.63) is 35.9 Å². The Morgan fingerprint density at radius 3 is 2.50 bits per heavy atom. The van der Waals surface area contributed by atoms with Crippen molar-refractivity contribution in [2.45, 2.75) is 32.7 Å². The third kappa shape index (κ3) is 4.13. The van der Waals surface area contributed by atoms with Gasteiger partial charge in [-0.15, -0.1) is 0 Å². The number of carbonyl (C=O) groups is 3. The minimum Gasteiger partial charge on any atom is -0.481 e. The molecule has 0 spiro atoms. The van der Waals surface area contributed by atoms with Crippen LogP contribution in [0, 0.1) is 11.8 Å². The lowest BCUT2D eigenvalue weighted by Gasteiger charge is -2.28. The van der Waals surface area contributed by atoms with Gasteiger partial charge in [-0.2, -0.15) is 0 Å². The second kappa shape index (κ2) is 7.95. The van der Waals surface area contributed by atoms with Crippen LogP contribution in [0.1, 0.15) is 37.0 Å². The Bertz CT molecular complexity index is 602. The van der Waals surface area contributed by atoms with Gasteiger partial charge in [-0.05, 0) is 24.5 Å². The zero-order valence-corrected chi connectivity index (χ0v) is 14.1. The van der Waals surface area contributed by atoms with Crippen LogP contribution in [-0.2, 0) is 9.59 Å². The number of benzene rings is 1. The highest BCUT2D eigenvalue weighted by Gasteiger charge is 2.36. The molecule has 1 aliphatic heterocycles. The maximum absolute atomic E-state index is 12.8. The second-order valence-corrected chi connectivity index (χ2v) is 6.31. The molecule has 2 N–H and O–H groups in total. The second-order valence-electron chi connectivity index (χ2n) is 6.31. The fourth-order valence-electron chi connectivity index (χ4n) is 2.86. The highest BCUT2D eigenvalue weighted by molar-refractivity contribution is 5.97. The van der Waals surface area contributed by atoms with E-state index in [-0.39, 0.29) is 24.3 Å². The van der Waals surface area contributed by atoms with Crippen LogP contribution in [0.4, 0.5) is 0 Å². The molecule has 1 fully saturated rings. The van der Waals surface area contributed by atoms with Gasteiger partial charge >= 0.3 is 5.97 Å². The Kier molecular flexibility index (Phi) is 5.95. The number of aliphatic carboxylic acids is 1. The molecular weight excluding hydrogens is 308 g/mol. The number of carboxylic acid groups (broad SMARTS) is 1. The van der Waals surface area contributed by atoms with Gasteiger partial charge in [-0.3, -0.25) is 14.4 Å². The first-order valence-corrected chi connectivity index (χ1v) is 8.31. The fourth-order valence-corrected chi connectivity index (χ4v) is 2.86. The maximum Gasteiger partial charge on any atom is 0.308 e.